The minimum absolute atomic E-state index is 0.0856. The second-order valence-corrected chi connectivity index (χ2v) is 8.75. The van der Waals surface area contributed by atoms with Gasteiger partial charge in [0.25, 0.3) is 0 Å². The van der Waals surface area contributed by atoms with Gasteiger partial charge in [0.2, 0.25) is 0 Å². The summed E-state index contributed by atoms with van der Waals surface area (Å²) in [5.41, 5.74) is 6.50. The molecule has 2 N–H and O–H groups in total. The van der Waals surface area contributed by atoms with E-state index in [-0.39, 0.29) is 11.5 Å². The summed E-state index contributed by atoms with van der Waals surface area (Å²) in [5.74, 6) is 0.207. The van der Waals surface area contributed by atoms with Crippen LogP contribution in [0.15, 0.2) is 65.5 Å². The van der Waals surface area contributed by atoms with Crippen LogP contribution in [0.5, 0.6) is 5.75 Å². The van der Waals surface area contributed by atoms with Crippen LogP contribution in [0.3, 0.4) is 0 Å². The number of aromatic amines is 1. The molecule has 6 heteroatoms. The van der Waals surface area contributed by atoms with Crippen molar-refractivity contribution in [3.63, 3.8) is 0 Å². The Morgan fingerprint density at radius 3 is 2.88 bits per heavy atom. The van der Waals surface area contributed by atoms with Gasteiger partial charge < -0.3 is 15.0 Å². The van der Waals surface area contributed by atoms with E-state index < -0.39 is 0 Å². The number of aromatic nitrogens is 2. The topological polar surface area (TPSA) is 59.1 Å². The quantitative estimate of drug-likeness (QED) is 0.485. The molecule has 2 aliphatic rings. The molecule has 0 radical (unpaired) electrons. The van der Waals surface area contributed by atoms with Gasteiger partial charge in [-0.3, -0.25) is 4.57 Å². The third kappa shape index (κ3) is 3.66. The van der Waals surface area contributed by atoms with Crippen molar-refractivity contribution in [2.45, 2.75) is 32.0 Å². The highest BCUT2D eigenvalue weighted by Gasteiger charge is 2.20. The molecule has 1 fully saturated rings. The van der Waals surface area contributed by atoms with E-state index >= 15 is 0 Å². The number of hydrogen-bond donors (Lipinski definition) is 2. The largest absolute Gasteiger partial charge is 0.488 e. The molecule has 0 bridgehead atoms. The second-order valence-electron chi connectivity index (χ2n) is 8.75. The number of fused-ring (bicyclic) bond motifs is 3. The van der Waals surface area contributed by atoms with E-state index in [1.165, 1.54) is 12.1 Å². The molecular formula is C27H24FN3O2. The SMILES string of the molecule is O=c1[nH]c2cc(/C=C3\c4ccccc4COc4cc(F)ccc43)ccc2n1C[C@H]1CCCN1. The van der Waals surface area contributed by atoms with Gasteiger partial charge in [0.05, 0.1) is 11.0 Å². The fraction of sp³-hybridized carbons (Fsp3) is 0.222. The molecule has 1 aromatic heterocycles. The maximum Gasteiger partial charge on any atom is 0.326 e. The van der Waals surface area contributed by atoms with E-state index in [0.717, 1.165) is 58.2 Å². The van der Waals surface area contributed by atoms with Gasteiger partial charge in [0, 0.05) is 24.2 Å². The van der Waals surface area contributed by atoms with Crippen LogP contribution in [-0.2, 0) is 13.2 Å². The summed E-state index contributed by atoms with van der Waals surface area (Å²) in [5, 5.41) is 3.46. The molecule has 0 amide bonds. The molecular weight excluding hydrogens is 417 g/mol. The van der Waals surface area contributed by atoms with Crippen molar-refractivity contribution < 1.29 is 9.13 Å². The van der Waals surface area contributed by atoms with E-state index in [9.17, 15) is 9.18 Å². The predicted molar refractivity (Wildman–Crippen MR) is 128 cm³/mol. The van der Waals surface area contributed by atoms with Crippen LogP contribution in [0.25, 0.3) is 22.7 Å². The first-order valence-corrected chi connectivity index (χ1v) is 11.3. The third-order valence-corrected chi connectivity index (χ3v) is 6.60. The lowest BCUT2D eigenvalue weighted by atomic mass is 9.92. The molecule has 3 aromatic carbocycles. The summed E-state index contributed by atoms with van der Waals surface area (Å²) >= 11 is 0. The first-order chi connectivity index (χ1) is 16.2. The van der Waals surface area contributed by atoms with Crippen molar-refractivity contribution in [2.75, 3.05) is 6.54 Å². The lowest BCUT2D eigenvalue weighted by Crippen LogP contribution is -2.31. The molecule has 4 aromatic rings. The highest BCUT2D eigenvalue weighted by Crippen LogP contribution is 2.38. The Hall–Kier alpha value is -3.64. The fourth-order valence-corrected chi connectivity index (χ4v) is 4.95. The van der Waals surface area contributed by atoms with Gasteiger partial charge in [0.1, 0.15) is 18.2 Å². The summed E-state index contributed by atoms with van der Waals surface area (Å²) in [7, 11) is 0. The van der Waals surface area contributed by atoms with Crippen LogP contribution in [-0.4, -0.2) is 22.1 Å². The highest BCUT2D eigenvalue weighted by atomic mass is 19.1. The number of nitrogens with one attached hydrogen (secondary N) is 2. The van der Waals surface area contributed by atoms with Gasteiger partial charge in [0.15, 0.2) is 0 Å². The zero-order valence-electron chi connectivity index (χ0n) is 18.1. The smallest absolute Gasteiger partial charge is 0.326 e. The van der Waals surface area contributed by atoms with Gasteiger partial charge in [-0.2, -0.15) is 0 Å². The Morgan fingerprint density at radius 2 is 2.00 bits per heavy atom. The van der Waals surface area contributed by atoms with Crippen LogP contribution < -0.4 is 15.7 Å². The van der Waals surface area contributed by atoms with Crippen LogP contribution in [0, 0.1) is 5.82 Å². The van der Waals surface area contributed by atoms with Gasteiger partial charge in [-0.1, -0.05) is 30.3 Å². The number of benzene rings is 3. The number of ether oxygens (including phenoxy) is 1. The summed E-state index contributed by atoms with van der Waals surface area (Å²) < 4.78 is 21.7. The summed E-state index contributed by atoms with van der Waals surface area (Å²) in [6, 6.07) is 19.1. The molecule has 1 atom stereocenters. The van der Waals surface area contributed by atoms with Crippen LogP contribution in [0.2, 0.25) is 0 Å². The normalized spacial score (nSPS) is 18.7. The zero-order valence-corrected chi connectivity index (χ0v) is 18.1. The Morgan fingerprint density at radius 1 is 1.09 bits per heavy atom. The molecule has 166 valence electrons. The molecule has 0 saturated carbocycles. The van der Waals surface area contributed by atoms with Crippen molar-refractivity contribution in [2.24, 2.45) is 0 Å². The summed E-state index contributed by atoms with van der Waals surface area (Å²) in [6.07, 6.45) is 4.32. The van der Waals surface area contributed by atoms with E-state index in [1.807, 2.05) is 41.0 Å². The summed E-state index contributed by atoms with van der Waals surface area (Å²) in [4.78, 5) is 15.7. The maximum absolute atomic E-state index is 13.9. The molecule has 0 aliphatic carbocycles. The number of imidazole rings is 1. The standard InChI is InChI=1S/C27H24FN3O2/c28-19-8-9-22-23(21-6-2-1-4-18(21)16-33-26(22)14-19)12-17-7-10-25-24(13-17)30-27(32)31(25)15-20-5-3-11-29-20/h1-2,4,6-10,12-14,20,29H,3,5,11,15-16H2,(H,30,32)/b23-12+/t20-/m1/s1. The third-order valence-electron chi connectivity index (χ3n) is 6.60. The average molecular weight is 442 g/mol. The van der Waals surface area contributed by atoms with Crippen LogP contribution >= 0.6 is 0 Å². The Labute approximate surface area is 190 Å². The minimum atomic E-state index is -0.323. The lowest BCUT2D eigenvalue weighted by Gasteiger charge is -2.12. The average Bonchev–Trinajstić information content (AvgIpc) is 3.41. The zero-order chi connectivity index (χ0) is 22.4. The number of halogens is 1. The van der Waals surface area contributed by atoms with Crippen molar-refractivity contribution >= 4 is 22.7 Å². The number of H-pyrrole nitrogens is 1. The Kier molecular flexibility index (Phi) is 4.88. The number of rotatable bonds is 3. The van der Waals surface area contributed by atoms with Crippen LogP contribution in [0.1, 0.15) is 35.1 Å². The molecule has 3 heterocycles. The Bertz CT molecular complexity index is 1440. The second kappa shape index (κ2) is 8.05. The van der Waals surface area contributed by atoms with E-state index in [0.29, 0.717) is 24.9 Å². The van der Waals surface area contributed by atoms with Gasteiger partial charge >= 0.3 is 5.69 Å². The monoisotopic (exact) mass is 441 g/mol. The molecule has 0 unspecified atom stereocenters. The molecule has 1 saturated heterocycles. The lowest BCUT2D eigenvalue weighted by molar-refractivity contribution is 0.305. The first kappa shape index (κ1) is 20.0. The molecule has 5 nitrogen and oxygen atoms in total. The van der Waals surface area contributed by atoms with E-state index in [4.69, 9.17) is 4.74 Å². The van der Waals surface area contributed by atoms with Crippen molar-refractivity contribution in [1.82, 2.24) is 14.9 Å². The van der Waals surface area contributed by atoms with E-state index in [2.05, 4.69) is 22.4 Å². The van der Waals surface area contributed by atoms with Crippen molar-refractivity contribution in [3.8, 4) is 5.75 Å². The highest BCUT2D eigenvalue weighted by molar-refractivity contribution is 5.95. The van der Waals surface area contributed by atoms with Gasteiger partial charge in [-0.05, 0) is 72.0 Å². The molecule has 6 rings (SSSR count). The van der Waals surface area contributed by atoms with Gasteiger partial charge in [-0.15, -0.1) is 0 Å². The molecule has 0 spiro atoms. The van der Waals surface area contributed by atoms with Crippen molar-refractivity contribution in [3.05, 3.63) is 99.2 Å². The maximum atomic E-state index is 13.9. The first-order valence-electron chi connectivity index (χ1n) is 11.3. The minimum Gasteiger partial charge on any atom is -0.488 e. The van der Waals surface area contributed by atoms with Crippen molar-refractivity contribution in [1.29, 1.82) is 0 Å². The molecule has 2 aliphatic heterocycles. The molecule has 33 heavy (non-hydrogen) atoms. The fourth-order valence-electron chi connectivity index (χ4n) is 4.95. The summed E-state index contributed by atoms with van der Waals surface area (Å²) in [6.45, 7) is 2.06. The van der Waals surface area contributed by atoms with Crippen LogP contribution in [0.4, 0.5) is 4.39 Å². The number of hydrogen-bond acceptors (Lipinski definition) is 3. The van der Waals surface area contributed by atoms with Gasteiger partial charge in [-0.25, -0.2) is 9.18 Å². The Balaban J connectivity index is 1.46. The van der Waals surface area contributed by atoms with E-state index in [1.54, 1.807) is 6.07 Å². The predicted octanol–water partition coefficient (Wildman–Crippen LogP) is 4.70. The number of nitrogens with zero attached hydrogens (tertiary/aromatic N) is 1.